The smallest absolute Gasteiger partial charge is 0.251 e. The topological polar surface area (TPSA) is 79.5 Å². The number of carbonyl (C=O) groups is 1. The highest BCUT2D eigenvalue weighted by atomic mass is 127. The second kappa shape index (κ2) is 10.5. The molecule has 134 valence electrons. The van der Waals surface area contributed by atoms with Gasteiger partial charge in [-0.15, -0.1) is 24.0 Å². The van der Waals surface area contributed by atoms with E-state index in [1.165, 1.54) is 19.3 Å². The van der Waals surface area contributed by atoms with E-state index in [2.05, 4.69) is 22.5 Å². The molecule has 5 nitrogen and oxygen atoms in total. The fraction of sp³-hybridized carbons (Fsp3) is 0.556. The summed E-state index contributed by atoms with van der Waals surface area (Å²) in [5.41, 5.74) is 7.59. The molecule has 0 aromatic heterocycles. The molecule has 1 saturated carbocycles. The highest BCUT2D eigenvalue weighted by Crippen LogP contribution is 2.24. The van der Waals surface area contributed by atoms with Gasteiger partial charge in [0.15, 0.2) is 5.96 Å². The fourth-order valence-corrected chi connectivity index (χ4v) is 2.35. The Balaban J connectivity index is 0.00000288. The lowest BCUT2D eigenvalue weighted by molar-refractivity contribution is 0.0939. The number of nitrogens with zero attached hydrogens (tertiary/aromatic N) is 1. The van der Waals surface area contributed by atoms with Crippen molar-refractivity contribution in [3.05, 3.63) is 35.4 Å². The minimum atomic E-state index is -0.0314. The average Bonchev–Trinajstić information content (AvgIpc) is 2.51. The monoisotopic (exact) mass is 444 g/mol. The molecule has 0 bridgehead atoms. The van der Waals surface area contributed by atoms with Gasteiger partial charge in [-0.2, -0.15) is 0 Å². The highest BCUT2D eigenvalue weighted by Gasteiger charge is 2.16. The van der Waals surface area contributed by atoms with Gasteiger partial charge in [-0.3, -0.25) is 4.79 Å². The highest BCUT2D eigenvalue weighted by molar-refractivity contribution is 14.0. The van der Waals surface area contributed by atoms with Crippen LogP contribution in [0.2, 0.25) is 0 Å². The van der Waals surface area contributed by atoms with Crippen LogP contribution in [-0.2, 0) is 6.54 Å². The van der Waals surface area contributed by atoms with Crippen LogP contribution in [0.4, 0.5) is 0 Å². The van der Waals surface area contributed by atoms with Gasteiger partial charge in [-0.25, -0.2) is 4.99 Å². The molecule has 4 N–H and O–H groups in total. The van der Waals surface area contributed by atoms with Gasteiger partial charge in [0.25, 0.3) is 5.91 Å². The van der Waals surface area contributed by atoms with Crippen molar-refractivity contribution >= 4 is 35.8 Å². The molecule has 1 atom stereocenters. The number of benzene rings is 1. The predicted octanol–water partition coefficient (Wildman–Crippen LogP) is 3.04. The number of nitrogens with two attached hydrogens (primary N) is 1. The summed E-state index contributed by atoms with van der Waals surface area (Å²) in [6.07, 6.45) is 4.84. The summed E-state index contributed by atoms with van der Waals surface area (Å²) < 4.78 is 0. The molecule has 0 spiro atoms. The summed E-state index contributed by atoms with van der Waals surface area (Å²) in [6, 6.07) is 7.71. The molecule has 1 aliphatic carbocycles. The van der Waals surface area contributed by atoms with Crippen molar-refractivity contribution in [2.45, 2.75) is 52.1 Å². The molecule has 0 saturated heterocycles. The maximum absolute atomic E-state index is 12.0. The Bertz CT molecular complexity index is 540. The van der Waals surface area contributed by atoms with E-state index in [1.807, 2.05) is 31.2 Å². The van der Waals surface area contributed by atoms with Crippen LogP contribution in [0.5, 0.6) is 0 Å². The Hall–Kier alpha value is -1.31. The van der Waals surface area contributed by atoms with Crippen molar-refractivity contribution in [1.82, 2.24) is 10.6 Å². The lowest BCUT2D eigenvalue weighted by Gasteiger charge is -2.25. The van der Waals surface area contributed by atoms with Gasteiger partial charge in [-0.1, -0.05) is 25.5 Å². The second-order valence-corrected chi connectivity index (χ2v) is 6.36. The number of hydrogen-bond acceptors (Lipinski definition) is 2. The van der Waals surface area contributed by atoms with E-state index in [4.69, 9.17) is 5.73 Å². The third kappa shape index (κ3) is 6.67. The zero-order valence-corrected chi connectivity index (χ0v) is 16.9. The van der Waals surface area contributed by atoms with Crippen LogP contribution >= 0.6 is 24.0 Å². The number of nitrogens with one attached hydrogen (secondary N) is 2. The molecule has 1 aromatic rings. The first-order chi connectivity index (χ1) is 11.1. The van der Waals surface area contributed by atoms with Crippen LogP contribution in [-0.4, -0.2) is 24.5 Å². The van der Waals surface area contributed by atoms with Gasteiger partial charge in [0.2, 0.25) is 0 Å². The number of amides is 1. The quantitative estimate of drug-likeness (QED) is 0.344. The minimum absolute atomic E-state index is 0. The Kier molecular flexibility index (Phi) is 9.10. The van der Waals surface area contributed by atoms with Gasteiger partial charge >= 0.3 is 0 Å². The van der Waals surface area contributed by atoms with Crippen LogP contribution in [0, 0.1) is 5.92 Å². The van der Waals surface area contributed by atoms with E-state index in [0.29, 0.717) is 18.1 Å². The van der Waals surface area contributed by atoms with Crippen LogP contribution in [0.1, 0.15) is 55.5 Å². The van der Waals surface area contributed by atoms with E-state index < -0.39 is 0 Å². The van der Waals surface area contributed by atoms with E-state index in [-0.39, 0.29) is 35.9 Å². The summed E-state index contributed by atoms with van der Waals surface area (Å²) in [5.74, 6) is 1.22. The molecule has 1 amide bonds. The number of halogens is 1. The Labute approximate surface area is 161 Å². The third-order valence-electron chi connectivity index (χ3n) is 4.43. The first-order valence-corrected chi connectivity index (χ1v) is 8.52. The van der Waals surface area contributed by atoms with Gasteiger partial charge in [-0.05, 0) is 49.8 Å². The molecular weight excluding hydrogens is 415 g/mol. The molecule has 1 unspecified atom stereocenters. The van der Waals surface area contributed by atoms with E-state index >= 15 is 0 Å². The third-order valence-corrected chi connectivity index (χ3v) is 4.43. The SMILES string of the molecule is CCC(C)NC(=O)c1ccc(CN=C(N)NCC2CCC2)cc1.I. The molecule has 0 heterocycles. The minimum Gasteiger partial charge on any atom is -0.370 e. The van der Waals surface area contributed by atoms with Crippen molar-refractivity contribution in [3.8, 4) is 0 Å². The van der Waals surface area contributed by atoms with Crippen molar-refractivity contribution in [2.75, 3.05) is 6.54 Å². The standard InChI is InChI=1S/C18H28N4O.HI/c1-3-13(2)22-17(23)16-9-7-15(8-10-16)12-21-18(19)20-11-14-5-4-6-14;/h7-10,13-14H,3-6,11-12H2,1-2H3,(H,22,23)(H3,19,20,21);1H. The molecule has 24 heavy (non-hydrogen) atoms. The van der Waals surface area contributed by atoms with Gasteiger partial charge < -0.3 is 16.4 Å². The number of aliphatic imine (C=N–C) groups is 1. The maximum Gasteiger partial charge on any atom is 0.251 e. The zero-order valence-electron chi connectivity index (χ0n) is 14.5. The molecule has 1 aliphatic rings. The van der Waals surface area contributed by atoms with Crippen LogP contribution < -0.4 is 16.4 Å². The van der Waals surface area contributed by atoms with E-state index in [9.17, 15) is 4.79 Å². The normalized spacial score (nSPS) is 15.8. The molecule has 1 fully saturated rings. The Morgan fingerprint density at radius 1 is 1.33 bits per heavy atom. The molecular formula is C18H29IN4O. The number of guanidine groups is 1. The van der Waals surface area contributed by atoms with Crippen LogP contribution in [0.25, 0.3) is 0 Å². The van der Waals surface area contributed by atoms with Gasteiger partial charge in [0.05, 0.1) is 6.54 Å². The Morgan fingerprint density at radius 3 is 2.54 bits per heavy atom. The first kappa shape index (κ1) is 20.7. The number of rotatable bonds is 7. The summed E-state index contributed by atoms with van der Waals surface area (Å²) in [4.78, 5) is 16.3. The second-order valence-electron chi connectivity index (χ2n) is 6.36. The van der Waals surface area contributed by atoms with Crippen molar-refractivity contribution in [3.63, 3.8) is 0 Å². The van der Waals surface area contributed by atoms with Crippen molar-refractivity contribution in [2.24, 2.45) is 16.6 Å². The zero-order chi connectivity index (χ0) is 16.7. The van der Waals surface area contributed by atoms with E-state index in [0.717, 1.165) is 24.4 Å². The lowest BCUT2D eigenvalue weighted by Crippen LogP contribution is -2.37. The van der Waals surface area contributed by atoms with Crippen LogP contribution in [0.3, 0.4) is 0 Å². The maximum atomic E-state index is 12.0. The molecule has 0 aliphatic heterocycles. The van der Waals surface area contributed by atoms with Crippen LogP contribution in [0.15, 0.2) is 29.3 Å². The number of hydrogen-bond donors (Lipinski definition) is 3. The fourth-order valence-electron chi connectivity index (χ4n) is 2.35. The average molecular weight is 444 g/mol. The summed E-state index contributed by atoms with van der Waals surface area (Å²) in [6.45, 7) is 5.50. The van der Waals surface area contributed by atoms with Gasteiger partial charge in [0.1, 0.15) is 0 Å². The summed E-state index contributed by atoms with van der Waals surface area (Å²) >= 11 is 0. The predicted molar refractivity (Wildman–Crippen MR) is 110 cm³/mol. The Morgan fingerprint density at radius 2 is 2.00 bits per heavy atom. The van der Waals surface area contributed by atoms with Crippen molar-refractivity contribution in [1.29, 1.82) is 0 Å². The van der Waals surface area contributed by atoms with Gasteiger partial charge in [0, 0.05) is 18.2 Å². The largest absolute Gasteiger partial charge is 0.370 e. The van der Waals surface area contributed by atoms with Crippen molar-refractivity contribution < 1.29 is 4.79 Å². The van der Waals surface area contributed by atoms with E-state index in [1.54, 1.807) is 0 Å². The lowest BCUT2D eigenvalue weighted by atomic mass is 9.85. The summed E-state index contributed by atoms with van der Waals surface area (Å²) in [5, 5.41) is 6.13. The molecule has 2 rings (SSSR count). The first-order valence-electron chi connectivity index (χ1n) is 8.52. The molecule has 0 radical (unpaired) electrons. The number of carbonyl (C=O) groups excluding carboxylic acids is 1. The summed E-state index contributed by atoms with van der Waals surface area (Å²) in [7, 11) is 0. The molecule has 6 heteroatoms. The molecule has 1 aromatic carbocycles.